The van der Waals surface area contributed by atoms with Gasteiger partial charge in [0.1, 0.15) is 5.82 Å². The number of hydrogen-bond donors (Lipinski definition) is 1. The van der Waals surface area contributed by atoms with E-state index in [2.05, 4.69) is 9.62 Å². The fourth-order valence-electron chi connectivity index (χ4n) is 4.65. The summed E-state index contributed by atoms with van der Waals surface area (Å²) < 4.78 is 27.9. The van der Waals surface area contributed by atoms with Crippen LogP contribution in [-0.2, 0) is 10.0 Å². The van der Waals surface area contributed by atoms with E-state index in [1.165, 1.54) is 18.6 Å². The molecule has 3 aromatic rings. The Morgan fingerprint density at radius 1 is 1.15 bits per heavy atom. The lowest BCUT2D eigenvalue weighted by Gasteiger charge is -2.35. The molecule has 34 heavy (non-hydrogen) atoms. The first-order valence-electron chi connectivity index (χ1n) is 11.4. The SMILES string of the molecule is Cc1cn2nc(C3CCCCN3C(=O)c3cc(Cl)ccc3NS(C)(=O)=O)cc2nc1N1CCC1. The summed E-state index contributed by atoms with van der Waals surface area (Å²) in [6.45, 7) is 4.61. The van der Waals surface area contributed by atoms with Crippen LogP contribution in [0.3, 0.4) is 0 Å². The summed E-state index contributed by atoms with van der Waals surface area (Å²) in [7, 11) is -3.56. The Morgan fingerprint density at radius 2 is 1.94 bits per heavy atom. The monoisotopic (exact) mass is 502 g/mol. The Hall–Kier alpha value is -2.85. The number of carbonyl (C=O) groups is 1. The van der Waals surface area contributed by atoms with Crippen molar-refractivity contribution in [2.24, 2.45) is 0 Å². The van der Waals surface area contributed by atoms with Crippen molar-refractivity contribution in [1.82, 2.24) is 19.5 Å². The summed E-state index contributed by atoms with van der Waals surface area (Å²) in [5.41, 5.74) is 3.03. The van der Waals surface area contributed by atoms with E-state index in [9.17, 15) is 13.2 Å². The molecule has 1 aromatic carbocycles. The number of piperidine rings is 1. The van der Waals surface area contributed by atoms with Crippen LogP contribution in [0.4, 0.5) is 11.5 Å². The van der Waals surface area contributed by atoms with Gasteiger partial charge in [0.2, 0.25) is 10.0 Å². The normalized spacial score (nSPS) is 18.7. The van der Waals surface area contributed by atoms with Gasteiger partial charge in [0.15, 0.2) is 5.65 Å². The van der Waals surface area contributed by atoms with E-state index in [4.69, 9.17) is 21.7 Å². The van der Waals surface area contributed by atoms with E-state index >= 15 is 0 Å². The van der Waals surface area contributed by atoms with Crippen LogP contribution in [0.25, 0.3) is 5.65 Å². The van der Waals surface area contributed by atoms with E-state index in [-0.39, 0.29) is 23.2 Å². The van der Waals surface area contributed by atoms with Gasteiger partial charge in [-0.15, -0.1) is 0 Å². The zero-order chi connectivity index (χ0) is 24.0. The molecule has 180 valence electrons. The van der Waals surface area contributed by atoms with Crippen LogP contribution in [0.15, 0.2) is 30.5 Å². The lowest BCUT2D eigenvalue weighted by atomic mass is 9.98. The molecular formula is C23H27ClN6O3S. The average molecular weight is 503 g/mol. The fraction of sp³-hybridized carbons (Fsp3) is 0.435. The molecule has 2 aliphatic heterocycles. The number of benzene rings is 1. The standard InChI is InChI=1S/C23H27ClN6O3S/c1-15-14-30-21(25-22(15)28-9-5-10-28)13-19(26-30)20-6-3-4-11-29(20)23(31)17-12-16(24)7-8-18(17)27-34(2,32)33/h7-8,12-14,20,27H,3-6,9-11H2,1-2H3. The number of nitrogens with one attached hydrogen (secondary N) is 1. The van der Waals surface area contributed by atoms with Crippen molar-refractivity contribution in [3.63, 3.8) is 0 Å². The van der Waals surface area contributed by atoms with Crippen molar-refractivity contribution in [1.29, 1.82) is 0 Å². The molecule has 9 nitrogen and oxygen atoms in total. The number of carbonyl (C=O) groups excluding carboxylic acids is 1. The van der Waals surface area contributed by atoms with E-state index in [0.717, 1.165) is 61.3 Å². The minimum absolute atomic E-state index is 0.215. The van der Waals surface area contributed by atoms with Crippen molar-refractivity contribution >= 4 is 44.7 Å². The number of fused-ring (bicyclic) bond motifs is 1. The Balaban J connectivity index is 1.50. The number of amides is 1. The van der Waals surface area contributed by atoms with Crippen molar-refractivity contribution < 1.29 is 13.2 Å². The fourth-order valence-corrected chi connectivity index (χ4v) is 5.40. The number of halogens is 1. The maximum Gasteiger partial charge on any atom is 0.256 e. The largest absolute Gasteiger partial charge is 0.356 e. The predicted molar refractivity (Wildman–Crippen MR) is 132 cm³/mol. The van der Waals surface area contributed by atoms with Crippen molar-refractivity contribution in [3.05, 3.63) is 52.3 Å². The number of sulfonamides is 1. The highest BCUT2D eigenvalue weighted by atomic mass is 35.5. The molecule has 4 heterocycles. The number of hydrogen-bond acceptors (Lipinski definition) is 6. The van der Waals surface area contributed by atoms with Crippen molar-refractivity contribution in [2.75, 3.05) is 35.5 Å². The molecule has 1 unspecified atom stereocenters. The highest BCUT2D eigenvalue weighted by molar-refractivity contribution is 7.92. The number of likely N-dealkylation sites (tertiary alicyclic amines) is 1. The maximum atomic E-state index is 13.7. The third-order valence-electron chi connectivity index (χ3n) is 6.39. The topological polar surface area (TPSA) is 99.9 Å². The molecule has 5 rings (SSSR count). The third-order valence-corrected chi connectivity index (χ3v) is 7.22. The van der Waals surface area contributed by atoms with Gasteiger partial charge >= 0.3 is 0 Å². The van der Waals surface area contributed by atoms with Gasteiger partial charge < -0.3 is 9.80 Å². The first-order valence-corrected chi connectivity index (χ1v) is 13.7. The van der Waals surface area contributed by atoms with Crippen LogP contribution < -0.4 is 9.62 Å². The lowest BCUT2D eigenvalue weighted by molar-refractivity contribution is 0.0607. The van der Waals surface area contributed by atoms with Crippen LogP contribution in [0.5, 0.6) is 0 Å². The molecule has 2 saturated heterocycles. The molecule has 1 atom stereocenters. The average Bonchev–Trinajstić information content (AvgIpc) is 3.15. The molecule has 11 heteroatoms. The van der Waals surface area contributed by atoms with Crippen LogP contribution in [0.2, 0.25) is 5.02 Å². The quantitative estimate of drug-likeness (QED) is 0.571. The van der Waals surface area contributed by atoms with Crippen LogP contribution in [0.1, 0.15) is 53.3 Å². The van der Waals surface area contributed by atoms with Crippen LogP contribution in [0, 0.1) is 6.92 Å². The van der Waals surface area contributed by atoms with Gasteiger partial charge in [-0.2, -0.15) is 5.10 Å². The summed E-state index contributed by atoms with van der Waals surface area (Å²) in [6.07, 6.45) is 6.82. The predicted octanol–water partition coefficient (Wildman–Crippen LogP) is 3.64. The molecule has 2 aliphatic rings. The molecule has 0 saturated carbocycles. The van der Waals surface area contributed by atoms with Gasteiger partial charge in [0, 0.05) is 42.5 Å². The van der Waals surface area contributed by atoms with Crippen LogP contribution >= 0.6 is 11.6 Å². The second-order valence-electron chi connectivity index (χ2n) is 9.03. The third kappa shape index (κ3) is 4.44. The van der Waals surface area contributed by atoms with Crippen molar-refractivity contribution in [2.45, 2.75) is 38.6 Å². The highest BCUT2D eigenvalue weighted by Crippen LogP contribution is 2.34. The molecule has 0 radical (unpaired) electrons. The second-order valence-corrected chi connectivity index (χ2v) is 11.2. The van der Waals surface area contributed by atoms with Crippen LogP contribution in [-0.4, -0.2) is 59.7 Å². The highest BCUT2D eigenvalue weighted by Gasteiger charge is 2.32. The summed E-state index contributed by atoms with van der Waals surface area (Å²) in [5, 5.41) is 5.13. The Bertz CT molecular complexity index is 1370. The summed E-state index contributed by atoms with van der Waals surface area (Å²) >= 11 is 6.17. The Kier molecular flexibility index (Phi) is 5.89. The lowest BCUT2D eigenvalue weighted by Crippen LogP contribution is -2.39. The Morgan fingerprint density at radius 3 is 2.65 bits per heavy atom. The molecule has 1 amide bonds. The summed E-state index contributed by atoms with van der Waals surface area (Å²) in [5.74, 6) is 0.706. The summed E-state index contributed by atoms with van der Waals surface area (Å²) in [4.78, 5) is 22.5. The molecule has 2 aromatic heterocycles. The molecular weight excluding hydrogens is 476 g/mol. The number of aryl methyl sites for hydroxylation is 1. The molecule has 0 spiro atoms. The number of nitrogens with zero attached hydrogens (tertiary/aromatic N) is 5. The van der Waals surface area contributed by atoms with Gasteiger partial charge in [-0.1, -0.05) is 11.6 Å². The second kappa shape index (κ2) is 8.74. The molecule has 2 fully saturated rings. The number of aromatic nitrogens is 3. The number of rotatable bonds is 5. The smallest absolute Gasteiger partial charge is 0.256 e. The van der Waals surface area contributed by atoms with Gasteiger partial charge in [0.05, 0.1) is 29.2 Å². The Labute approximate surface area is 203 Å². The zero-order valence-electron chi connectivity index (χ0n) is 19.2. The minimum atomic E-state index is -3.56. The van der Waals surface area contributed by atoms with Gasteiger partial charge in [-0.05, 0) is 50.8 Å². The molecule has 0 bridgehead atoms. The van der Waals surface area contributed by atoms with E-state index in [0.29, 0.717) is 11.6 Å². The van der Waals surface area contributed by atoms with Gasteiger partial charge in [-0.25, -0.2) is 17.9 Å². The molecule has 1 N–H and O–H groups in total. The summed E-state index contributed by atoms with van der Waals surface area (Å²) in [6, 6.07) is 6.31. The first kappa shape index (κ1) is 22.9. The number of anilines is 2. The van der Waals surface area contributed by atoms with E-state index < -0.39 is 10.0 Å². The first-order chi connectivity index (χ1) is 16.2. The van der Waals surface area contributed by atoms with Gasteiger partial charge in [-0.3, -0.25) is 9.52 Å². The van der Waals surface area contributed by atoms with E-state index in [1.54, 1.807) is 15.5 Å². The molecule has 0 aliphatic carbocycles. The minimum Gasteiger partial charge on any atom is -0.356 e. The zero-order valence-corrected chi connectivity index (χ0v) is 20.7. The van der Waals surface area contributed by atoms with E-state index in [1.807, 2.05) is 19.2 Å². The maximum absolute atomic E-state index is 13.7. The van der Waals surface area contributed by atoms with Gasteiger partial charge in [0.25, 0.3) is 5.91 Å². The van der Waals surface area contributed by atoms with Crippen molar-refractivity contribution in [3.8, 4) is 0 Å².